The van der Waals surface area contributed by atoms with Crippen LogP contribution in [-0.2, 0) is 4.79 Å². The second-order valence-electron chi connectivity index (χ2n) is 4.92. The fourth-order valence-corrected chi connectivity index (χ4v) is 1.89. The standard InChI is InChI=1S/C16H24N2O4/c1-5-6-9-18(2)15(19)11-17-16(20)12-7-8-13(21-3)14(10-12)22-4/h7-8,10H,5-6,9,11H2,1-4H3,(H,17,20). The summed E-state index contributed by atoms with van der Waals surface area (Å²) in [5.74, 6) is 0.594. The molecule has 1 aromatic carbocycles. The van der Waals surface area contributed by atoms with Crippen LogP contribution in [0.25, 0.3) is 0 Å². The Kier molecular flexibility index (Phi) is 7.22. The van der Waals surface area contributed by atoms with Crippen LogP contribution in [0.4, 0.5) is 0 Å². The highest BCUT2D eigenvalue weighted by atomic mass is 16.5. The minimum atomic E-state index is -0.321. The van der Waals surface area contributed by atoms with E-state index in [4.69, 9.17) is 9.47 Å². The van der Waals surface area contributed by atoms with Gasteiger partial charge in [0.15, 0.2) is 11.5 Å². The third-order valence-corrected chi connectivity index (χ3v) is 3.32. The lowest BCUT2D eigenvalue weighted by molar-refractivity contribution is -0.128. The van der Waals surface area contributed by atoms with E-state index < -0.39 is 0 Å². The van der Waals surface area contributed by atoms with E-state index in [2.05, 4.69) is 12.2 Å². The fraction of sp³-hybridized carbons (Fsp3) is 0.500. The quantitative estimate of drug-likeness (QED) is 0.793. The zero-order chi connectivity index (χ0) is 16.5. The van der Waals surface area contributed by atoms with Gasteiger partial charge in [-0.2, -0.15) is 0 Å². The molecule has 0 radical (unpaired) electrons. The number of hydrogen-bond donors (Lipinski definition) is 1. The van der Waals surface area contributed by atoms with Crippen molar-refractivity contribution in [2.45, 2.75) is 19.8 Å². The van der Waals surface area contributed by atoms with E-state index in [1.54, 1.807) is 30.1 Å². The summed E-state index contributed by atoms with van der Waals surface area (Å²) >= 11 is 0. The van der Waals surface area contributed by atoms with Crippen LogP contribution >= 0.6 is 0 Å². The third kappa shape index (κ3) is 4.95. The van der Waals surface area contributed by atoms with Crippen LogP contribution in [0, 0.1) is 0 Å². The fourth-order valence-electron chi connectivity index (χ4n) is 1.89. The number of unbranched alkanes of at least 4 members (excludes halogenated alkanes) is 1. The van der Waals surface area contributed by atoms with Crippen molar-refractivity contribution in [2.24, 2.45) is 0 Å². The van der Waals surface area contributed by atoms with E-state index in [9.17, 15) is 9.59 Å². The molecular weight excluding hydrogens is 284 g/mol. The number of benzene rings is 1. The lowest BCUT2D eigenvalue weighted by atomic mass is 10.2. The van der Waals surface area contributed by atoms with Crippen molar-refractivity contribution in [1.82, 2.24) is 10.2 Å². The molecule has 122 valence electrons. The van der Waals surface area contributed by atoms with Crippen LogP contribution in [0.5, 0.6) is 11.5 Å². The van der Waals surface area contributed by atoms with Gasteiger partial charge in [0, 0.05) is 19.2 Å². The smallest absolute Gasteiger partial charge is 0.251 e. The first kappa shape index (κ1) is 17.8. The van der Waals surface area contributed by atoms with E-state index in [0.29, 0.717) is 23.6 Å². The Labute approximate surface area is 131 Å². The maximum Gasteiger partial charge on any atom is 0.251 e. The normalized spacial score (nSPS) is 10.0. The maximum absolute atomic E-state index is 12.1. The molecule has 0 unspecified atom stereocenters. The summed E-state index contributed by atoms with van der Waals surface area (Å²) < 4.78 is 10.3. The number of amides is 2. The minimum Gasteiger partial charge on any atom is -0.493 e. The molecule has 1 rings (SSSR count). The van der Waals surface area contributed by atoms with Crippen LogP contribution in [0.2, 0.25) is 0 Å². The maximum atomic E-state index is 12.1. The van der Waals surface area contributed by atoms with Crippen LogP contribution in [0.1, 0.15) is 30.1 Å². The van der Waals surface area contributed by atoms with Crippen molar-refractivity contribution in [3.8, 4) is 11.5 Å². The van der Waals surface area contributed by atoms with E-state index in [0.717, 1.165) is 12.8 Å². The lowest BCUT2D eigenvalue weighted by Crippen LogP contribution is -2.38. The van der Waals surface area contributed by atoms with Gasteiger partial charge in [-0.15, -0.1) is 0 Å². The molecule has 0 aromatic heterocycles. The Morgan fingerprint density at radius 2 is 1.86 bits per heavy atom. The summed E-state index contributed by atoms with van der Waals surface area (Å²) in [6.07, 6.45) is 1.97. The molecule has 0 aliphatic carbocycles. The number of likely N-dealkylation sites (N-methyl/N-ethyl adjacent to an activating group) is 1. The Bertz CT molecular complexity index is 517. The molecule has 0 fully saturated rings. The second kappa shape index (κ2) is 8.92. The van der Waals surface area contributed by atoms with E-state index in [-0.39, 0.29) is 18.4 Å². The average molecular weight is 308 g/mol. The highest BCUT2D eigenvalue weighted by Gasteiger charge is 2.13. The van der Waals surface area contributed by atoms with Gasteiger partial charge in [0.25, 0.3) is 5.91 Å². The van der Waals surface area contributed by atoms with Crippen molar-refractivity contribution >= 4 is 11.8 Å². The lowest BCUT2D eigenvalue weighted by Gasteiger charge is -2.17. The second-order valence-corrected chi connectivity index (χ2v) is 4.92. The van der Waals surface area contributed by atoms with Crippen molar-refractivity contribution in [3.05, 3.63) is 23.8 Å². The van der Waals surface area contributed by atoms with Gasteiger partial charge in [-0.05, 0) is 24.6 Å². The molecule has 2 amide bonds. The molecule has 0 atom stereocenters. The van der Waals surface area contributed by atoms with E-state index in [1.165, 1.54) is 14.2 Å². The number of nitrogens with one attached hydrogen (secondary N) is 1. The van der Waals surface area contributed by atoms with Gasteiger partial charge in [0.2, 0.25) is 5.91 Å². The molecule has 22 heavy (non-hydrogen) atoms. The van der Waals surface area contributed by atoms with Crippen LogP contribution in [0.3, 0.4) is 0 Å². The van der Waals surface area contributed by atoms with Crippen molar-refractivity contribution in [1.29, 1.82) is 0 Å². The topological polar surface area (TPSA) is 67.9 Å². The summed E-state index contributed by atoms with van der Waals surface area (Å²) in [6, 6.07) is 4.87. The Hall–Kier alpha value is -2.24. The van der Waals surface area contributed by atoms with E-state index >= 15 is 0 Å². The summed E-state index contributed by atoms with van der Waals surface area (Å²) in [7, 11) is 4.77. The highest BCUT2D eigenvalue weighted by Crippen LogP contribution is 2.27. The molecule has 6 heteroatoms. The van der Waals surface area contributed by atoms with Crippen molar-refractivity contribution in [2.75, 3.05) is 34.4 Å². The summed E-state index contributed by atoms with van der Waals surface area (Å²) in [5, 5.41) is 2.62. The predicted molar refractivity (Wildman–Crippen MR) is 84.4 cm³/mol. The van der Waals surface area contributed by atoms with Gasteiger partial charge in [0.05, 0.1) is 20.8 Å². The molecule has 6 nitrogen and oxygen atoms in total. The van der Waals surface area contributed by atoms with Crippen LogP contribution in [-0.4, -0.2) is 51.1 Å². The first-order valence-electron chi connectivity index (χ1n) is 7.27. The minimum absolute atomic E-state index is 0.0204. The third-order valence-electron chi connectivity index (χ3n) is 3.32. The van der Waals surface area contributed by atoms with Crippen LogP contribution in [0.15, 0.2) is 18.2 Å². The van der Waals surface area contributed by atoms with Gasteiger partial charge in [0.1, 0.15) is 0 Å². The summed E-state index contributed by atoms with van der Waals surface area (Å²) in [4.78, 5) is 25.6. The monoisotopic (exact) mass is 308 g/mol. The number of ether oxygens (including phenoxy) is 2. The Morgan fingerprint density at radius 3 is 2.45 bits per heavy atom. The molecule has 0 aliphatic rings. The molecule has 0 saturated heterocycles. The zero-order valence-corrected chi connectivity index (χ0v) is 13.6. The van der Waals surface area contributed by atoms with Gasteiger partial charge in [-0.1, -0.05) is 13.3 Å². The SMILES string of the molecule is CCCCN(C)C(=O)CNC(=O)c1ccc(OC)c(OC)c1. The zero-order valence-electron chi connectivity index (χ0n) is 13.6. The van der Waals surface area contributed by atoms with Gasteiger partial charge in [-0.25, -0.2) is 0 Å². The number of rotatable bonds is 8. The molecule has 0 aliphatic heterocycles. The first-order valence-corrected chi connectivity index (χ1v) is 7.27. The molecular formula is C16H24N2O4. The largest absolute Gasteiger partial charge is 0.493 e. The number of carbonyl (C=O) groups excluding carboxylic acids is 2. The molecule has 0 saturated carbocycles. The van der Waals surface area contributed by atoms with Gasteiger partial charge < -0.3 is 19.7 Å². The first-order chi connectivity index (χ1) is 10.5. The Morgan fingerprint density at radius 1 is 1.18 bits per heavy atom. The van der Waals surface area contributed by atoms with Crippen molar-refractivity contribution < 1.29 is 19.1 Å². The number of hydrogen-bond acceptors (Lipinski definition) is 4. The molecule has 0 spiro atoms. The Balaban J connectivity index is 2.60. The summed E-state index contributed by atoms with van der Waals surface area (Å²) in [6.45, 7) is 2.74. The molecule has 1 aromatic rings. The van der Waals surface area contributed by atoms with Gasteiger partial charge in [-0.3, -0.25) is 9.59 Å². The van der Waals surface area contributed by atoms with Crippen LogP contribution < -0.4 is 14.8 Å². The molecule has 0 bridgehead atoms. The predicted octanol–water partition coefficient (Wildman–Crippen LogP) is 1.69. The molecule has 1 N–H and O–H groups in total. The van der Waals surface area contributed by atoms with E-state index in [1.807, 2.05) is 0 Å². The van der Waals surface area contributed by atoms with Gasteiger partial charge >= 0.3 is 0 Å². The number of methoxy groups -OCH3 is 2. The summed E-state index contributed by atoms with van der Waals surface area (Å²) in [5.41, 5.74) is 0.418. The number of nitrogens with zero attached hydrogens (tertiary/aromatic N) is 1. The average Bonchev–Trinajstić information content (AvgIpc) is 2.56. The van der Waals surface area contributed by atoms with Crippen molar-refractivity contribution in [3.63, 3.8) is 0 Å². The highest BCUT2D eigenvalue weighted by molar-refractivity contribution is 5.97. The number of carbonyl (C=O) groups is 2. The molecule has 0 heterocycles.